The van der Waals surface area contributed by atoms with E-state index in [-0.39, 0.29) is 0 Å². The van der Waals surface area contributed by atoms with Crippen molar-refractivity contribution in [3.05, 3.63) is 71.3 Å². The molecule has 0 saturated heterocycles. The smallest absolute Gasteiger partial charge is 0.126 e. The third-order valence-corrected chi connectivity index (χ3v) is 2.73. The van der Waals surface area contributed by atoms with E-state index in [0.717, 1.165) is 16.9 Å². The van der Waals surface area contributed by atoms with Crippen LogP contribution in [0.1, 0.15) is 16.7 Å². The molecule has 1 nitrogen and oxygen atoms in total. The van der Waals surface area contributed by atoms with Crippen molar-refractivity contribution in [1.29, 1.82) is 0 Å². The summed E-state index contributed by atoms with van der Waals surface area (Å²) in [7, 11) is 1.71. The molecule has 2 aromatic carbocycles. The summed E-state index contributed by atoms with van der Waals surface area (Å²) in [4.78, 5) is 0. The molecular formula is C16H16O. The van der Waals surface area contributed by atoms with Crippen molar-refractivity contribution in [2.75, 3.05) is 7.11 Å². The molecule has 0 radical (unpaired) electrons. The first-order chi connectivity index (χ1) is 8.31. The van der Waals surface area contributed by atoms with Crippen molar-refractivity contribution >= 4 is 11.8 Å². The Morgan fingerprint density at radius 2 is 1.59 bits per heavy atom. The molecule has 0 amide bonds. The Hall–Kier alpha value is -2.02. The zero-order valence-electron chi connectivity index (χ0n) is 10.2. The predicted octanol–water partition coefficient (Wildman–Crippen LogP) is 4.14. The first-order valence-corrected chi connectivity index (χ1v) is 5.68. The average Bonchev–Trinajstić information content (AvgIpc) is 2.38. The van der Waals surface area contributed by atoms with E-state index in [1.165, 1.54) is 5.56 Å². The van der Waals surface area contributed by atoms with Crippen LogP contribution in [0.4, 0.5) is 0 Å². The molecule has 0 spiro atoms. The monoisotopic (exact) mass is 224 g/mol. The van der Waals surface area contributed by atoms with E-state index in [4.69, 9.17) is 4.74 Å². The van der Waals surface area contributed by atoms with Gasteiger partial charge in [0.05, 0.1) is 7.11 Å². The van der Waals surface area contributed by atoms with Gasteiger partial charge < -0.3 is 4.74 Å². The summed E-state index contributed by atoms with van der Waals surface area (Å²) in [5, 5.41) is 0. The molecule has 0 N–H and O–H groups in total. The summed E-state index contributed by atoms with van der Waals surface area (Å²) in [5.74, 6) is 0.898. The van der Waals surface area contributed by atoms with E-state index in [9.17, 15) is 0 Å². The van der Waals surface area contributed by atoms with Crippen molar-refractivity contribution in [3.63, 3.8) is 0 Å². The van der Waals surface area contributed by atoms with Gasteiger partial charge in [0.15, 0.2) is 0 Å². The Morgan fingerprint density at radius 1 is 0.941 bits per heavy atom. The fourth-order valence-electron chi connectivity index (χ4n) is 1.80. The second kappa shape index (κ2) is 5.35. The SMILES string of the molecule is CO/C(=C\c1ccccc1)c1ccccc1C. The topological polar surface area (TPSA) is 9.23 Å². The van der Waals surface area contributed by atoms with Crippen molar-refractivity contribution in [1.82, 2.24) is 0 Å². The second-order valence-electron chi connectivity index (χ2n) is 3.94. The van der Waals surface area contributed by atoms with Crippen molar-refractivity contribution in [2.24, 2.45) is 0 Å². The quantitative estimate of drug-likeness (QED) is 0.562. The summed E-state index contributed by atoms with van der Waals surface area (Å²) in [5.41, 5.74) is 3.50. The first-order valence-electron chi connectivity index (χ1n) is 5.68. The Balaban J connectivity index is 2.41. The minimum absolute atomic E-state index is 0.898. The lowest BCUT2D eigenvalue weighted by atomic mass is 10.1. The van der Waals surface area contributed by atoms with Crippen LogP contribution in [0.5, 0.6) is 0 Å². The van der Waals surface area contributed by atoms with Crippen LogP contribution in [0.2, 0.25) is 0 Å². The van der Waals surface area contributed by atoms with E-state index < -0.39 is 0 Å². The minimum Gasteiger partial charge on any atom is -0.496 e. The lowest BCUT2D eigenvalue weighted by molar-refractivity contribution is 0.372. The molecule has 17 heavy (non-hydrogen) atoms. The molecule has 2 rings (SSSR count). The van der Waals surface area contributed by atoms with Gasteiger partial charge in [-0.2, -0.15) is 0 Å². The number of ether oxygens (including phenoxy) is 1. The maximum atomic E-state index is 5.48. The van der Waals surface area contributed by atoms with Gasteiger partial charge >= 0.3 is 0 Å². The molecule has 0 fully saturated rings. The number of benzene rings is 2. The fraction of sp³-hybridized carbons (Fsp3) is 0.125. The summed E-state index contributed by atoms with van der Waals surface area (Å²) in [6.07, 6.45) is 2.06. The van der Waals surface area contributed by atoms with E-state index in [2.05, 4.69) is 37.3 Å². The number of hydrogen-bond acceptors (Lipinski definition) is 1. The van der Waals surface area contributed by atoms with Crippen molar-refractivity contribution in [3.8, 4) is 0 Å². The first kappa shape index (κ1) is 11.5. The maximum Gasteiger partial charge on any atom is 0.126 e. The molecule has 0 aliphatic heterocycles. The molecule has 0 saturated carbocycles. The van der Waals surface area contributed by atoms with Gasteiger partial charge in [-0.15, -0.1) is 0 Å². The molecule has 0 aliphatic carbocycles. The van der Waals surface area contributed by atoms with E-state index in [1.807, 2.05) is 30.3 Å². The van der Waals surface area contributed by atoms with Gasteiger partial charge in [-0.3, -0.25) is 0 Å². The summed E-state index contributed by atoms with van der Waals surface area (Å²) in [6, 6.07) is 18.4. The lowest BCUT2D eigenvalue weighted by Crippen LogP contribution is -1.90. The molecule has 0 unspecified atom stereocenters. The summed E-state index contributed by atoms with van der Waals surface area (Å²) >= 11 is 0. The van der Waals surface area contributed by atoms with Gasteiger partial charge in [0.25, 0.3) is 0 Å². The summed E-state index contributed by atoms with van der Waals surface area (Å²) in [6.45, 7) is 2.09. The van der Waals surface area contributed by atoms with Gasteiger partial charge in [-0.25, -0.2) is 0 Å². The van der Waals surface area contributed by atoms with Crippen LogP contribution < -0.4 is 0 Å². The van der Waals surface area contributed by atoms with Crippen LogP contribution in [-0.4, -0.2) is 7.11 Å². The molecular weight excluding hydrogens is 208 g/mol. The number of hydrogen-bond donors (Lipinski definition) is 0. The highest BCUT2D eigenvalue weighted by molar-refractivity contribution is 5.78. The predicted molar refractivity (Wildman–Crippen MR) is 72.5 cm³/mol. The van der Waals surface area contributed by atoms with Gasteiger partial charge in [-0.1, -0.05) is 54.6 Å². The van der Waals surface area contributed by atoms with Crippen LogP contribution in [-0.2, 0) is 4.74 Å². The van der Waals surface area contributed by atoms with Crippen molar-refractivity contribution in [2.45, 2.75) is 6.92 Å². The Labute approximate surface area is 102 Å². The lowest BCUT2D eigenvalue weighted by Gasteiger charge is -2.09. The highest BCUT2D eigenvalue weighted by Gasteiger charge is 2.04. The Morgan fingerprint density at radius 3 is 2.24 bits per heavy atom. The largest absolute Gasteiger partial charge is 0.496 e. The van der Waals surface area contributed by atoms with Gasteiger partial charge in [0.2, 0.25) is 0 Å². The molecule has 0 heterocycles. The third kappa shape index (κ3) is 2.76. The number of rotatable bonds is 3. The molecule has 0 atom stereocenters. The molecule has 0 aliphatic rings. The highest BCUT2D eigenvalue weighted by atomic mass is 16.5. The molecule has 2 aromatic rings. The van der Waals surface area contributed by atoms with Gasteiger partial charge in [0, 0.05) is 5.56 Å². The molecule has 0 bridgehead atoms. The van der Waals surface area contributed by atoms with E-state index in [1.54, 1.807) is 7.11 Å². The van der Waals surface area contributed by atoms with E-state index in [0.29, 0.717) is 0 Å². The molecule has 1 heteroatoms. The van der Waals surface area contributed by atoms with Crippen LogP contribution in [0.25, 0.3) is 11.8 Å². The van der Waals surface area contributed by atoms with Crippen LogP contribution in [0.3, 0.4) is 0 Å². The summed E-state index contributed by atoms with van der Waals surface area (Å²) < 4.78 is 5.48. The Kier molecular flexibility index (Phi) is 3.61. The molecule has 86 valence electrons. The zero-order chi connectivity index (χ0) is 12.1. The van der Waals surface area contributed by atoms with Crippen LogP contribution in [0, 0.1) is 6.92 Å². The molecule has 0 aromatic heterocycles. The van der Waals surface area contributed by atoms with Gasteiger partial charge in [0.1, 0.15) is 5.76 Å². The number of methoxy groups -OCH3 is 1. The standard InChI is InChI=1S/C16H16O/c1-13-8-6-7-11-15(13)16(17-2)12-14-9-4-3-5-10-14/h3-12H,1-2H3/b16-12-. The minimum atomic E-state index is 0.898. The highest BCUT2D eigenvalue weighted by Crippen LogP contribution is 2.21. The number of aryl methyl sites for hydroxylation is 1. The normalized spacial score (nSPS) is 11.3. The fourth-order valence-corrected chi connectivity index (χ4v) is 1.80. The zero-order valence-corrected chi connectivity index (χ0v) is 10.2. The van der Waals surface area contributed by atoms with Crippen molar-refractivity contribution < 1.29 is 4.74 Å². The average molecular weight is 224 g/mol. The second-order valence-corrected chi connectivity index (χ2v) is 3.94. The maximum absolute atomic E-state index is 5.48. The Bertz CT molecular complexity index is 512. The van der Waals surface area contributed by atoms with Crippen LogP contribution in [0.15, 0.2) is 54.6 Å². The van der Waals surface area contributed by atoms with E-state index >= 15 is 0 Å². The van der Waals surface area contributed by atoms with Crippen LogP contribution >= 0.6 is 0 Å². The third-order valence-electron chi connectivity index (χ3n) is 2.73. The van der Waals surface area contributed by atoms with Gasteiger partial charge in [-0.05, 0) is 24.1 Å².